The van der Waals surface area contributed by atoms with Crippen LogP contribution in [0.3, 0.4) is 0 Å². The molecule has 0 fully saturated rings. The highest BCUT2D eigenvalue weighted by molar-refractivity contribution is 7.26. The monoisotopic (exact) mass is 779 g/mol. The van der Waals surface area contributed by atoms with Gasteiger partial charge in [0.15, 0.2) is 5.82 Å². The lowest BCUT2D eigenvalue weighted by Crippen LogP contribution is -2.06. The van der Waals surface area contributed by atoms with Crippen molar-refractivity contribution in [2.24, 2.45) is 0 Å². The van der Waals surface area contributed by atoms with Crippen molar-refractivity contribution in [1.82, 2.24) is 23.5 Å². The van der Waals surface area contributed by atoms with Crippen molar-refractivity contribution in [3.8, 4) is 11.8 Å². The van der Waals surface area contributed by atoms with Gasteiger partial charge in [0.05, 0.1) is 48.8 Å². The van der Waals surface area contributed by atoms with E-state index < -0.39 is 0 Å². The summed E-state index contributed by atoms with van der Waals surface area (Å²) < 4.78 is 9.52. The molecule has 0 atom stereocenters. The van der Waals surface area contributed by atoms with Gasteiger partial charge in [-0.1, -0.05) is 133 Å². The molecule has 0 aliphatic carbocycles. The maximum Gasteiger partial charge on any atom is 0.237 e. The van der Waals surface area contributed by atoms with Crippen LogP contribution in [0.1, 0.15) is 0 Å². The predicted octanol–water partition coefficient (Wildman–Crippen LogP) is 14.5. The highest BCUT2D eigenvalue weighted by atomic mass is 32.1. The zero-order chi connectivity index (χ0) is 38.8. The minimum absolute atomic E-state index is 0.658. The zero-order valence-corrected chi connectivity index (χ0v) is 32.7. The van der Waals surface area contributed by atoms with E-state index in [1.807, 2.05) is 0 Å². The molecule has 15 rings (SSSR count). The largest absolute Gasteiger partial charge is 0.308 e. The zero-order valence-electron chi connectivity index (χ0n) is 31.9. The highest BCUT2D eigenvalue weighted by Crippen LogP contribution is 2.49. The summed E-state index contributed by atoms with van der Waals surface area (Å²) in [5, 5.41) is 15.9. The number of aromatic nitrogens is 5. The summed E-state index contributed by atoms with van der Waals surface area (Å²) in [6.07, 6.45) is 0. The van der Waals surface area contributed by atoms with Crippen LogP contribution >= 0.6 is 11.3 Å². The lowest BCUT2D eigenvalue weighted by molar-refractivity contribution is 0.977. The molecule has 0 N–H and O–H groups in total. The van der Waals surface area contributed by atoms with E-state index in [0.717, 1.165) is 38.0 Å². The first-order valence-corrected chi connectivity index (χ1v) is 21.2. The summed E-state index contributed by atoms with van der Waals surface area (Å²) in [5.74, 6) is 1.55. The first-order chi connectivity index (χ1) is 29.8. The van der Waals surface area contributed by atoms with E-state index in [-0.39, 0.29) is 0 Å². The fourth-order valence-corrected chi connectivity index (χ4v) is 11.9. The molecule has 60 heavy (non-hydrogen) atoms. The maximum atomic E-state index is 5.83. The van der Waals surface area contributed by atoms with Gasteiger partial charge >= 0.3 is 0 Å². The number of rotatable bonds is 2. The molecule has 0 bridgehead atoms. The van der Waals surface area contributed by atoms with E-state index in [1.54, 1.807) is 11.3 Å². The van der Waals surface area contributed by atoms with Crippen molar-refractivity contribution < 1.29 is 0 Å². The molecule has 0 aliphatic rings. The molecule has 0 unspecified atom stereocenters. The second kappa shape index (κ2) is 11.0. The molecular weight excluding hydrogens is 751 g/mol. The normalized spacial score (nSPS) is 12.7. The standard InChI is InChI=1S/C54H29N5S/c1-3-15-32-30(13-1)25-27-43-46(32)35-18-6-11-23-42(35)58(43)54-55-49-37-20-8-12-24-45(37)60-52(49)53(56-54)59-44-28-26-31-14-2-4-16-33(31)47(44)39-29-38-34-17-5-9-21-40(34)57-41-22-10-7-19-36(41)48(50(38)57)51(39)59/h1-29H. The number of hydrogen-bond acceptors (Lipinski definition) is 3. The quantitative estimate of drug-likeness (QED) is 0.175. The summed E-state index contributed by atoms with van der Waals surface area (Å²) in [4.78, 5) is 11.4. The van der Waals surface area contributed by atoms with Gasteiger partial charge in [0.25, 0.3) is 0 Å². The molecule has 5 nitrogen and oxygen atoms in total. The van der Waals surface area contributed by atoms with Crippen molar-refractivity contribution >= 4 is 135 Å². The van der Waals surface area contributed by atoms with E-state index >= 15 is 0 Å². The van der Waals surface area contributed by atoms with Crippen LogP contribution < -0.4 is 0 Å². The van der Waals surface area contributed by atoms with Crippen LogP contribution in [-0.2, 0) is 0 Å². The molecule has 6 heteroatoms. The fourth-order valence-electron chi connectivity index (χ4n) is 10.8. The lowest BCUT2D eigenvalue weighted by atomic mass is 10.0. The summed E-state index contributed by atoms with van der Waals surface area (Å²) in [6.45, 7) is 0. The first kappa shape index (κ1) is 31.2. The molecular formula is C54H29N5S. The number of fused-ring (bicyclic) bond motifs is 20. The Morgan fingerprint density at radius 2 is 0.917 bits per heavy atom. The van der Waals surface area contributed by atoms with Crippen LogP contribution in [0.15, 0.2) is 176 Å². The molecule has 15 aromatic rings. The molecule has 276 valence electrons. The van der Waals surface area contributed by atoms with Gasteiger partial charge in [-0.3, -0.25) is 9.13 Å². The third-order valence-electron chi connectivity index (χ3n) is 13.2. The molecule has 0 amide bonds. The fraction of sp³-hybridized carbons (Fsp3) is 0. The Kier molecular flexibility index (Phi) is 5.74. The van der Waals surface area contributed by atoms with Crippen LogP contribution in [0.5, 0.6) is 0 Å². The van der Waals surface area contributed by atoms with Crippen LogP contribution in [0.2, 0.25) is 0 Å². The van der Waals surface area contributed by atoms with E-state index in [0.29, 0.717) is 5.95 Å². The molecule has 9 aromatic carbocycles. The number of nitrogens with zero attached hydrogens (tertiary/aromatic N) is 5. The van der Waals surface area contributed by atoms with Gasteiger partial charge in [-0.05, 0) is 64.0 Å². The van der Waals surface area contributed by atoms with E-state index in [1.165, 1.54) is 91.4 Å². The number of benzene rings is 9. The molecule has 6 heterocycles. The van der Waals surface area contributed by atoms with Crippen molar-refractivity contribution in [2.45, 2.75) is 0 Å². The SMILES string of the molecule is c1ccc2c(c1)ccc1c2c2ccccc2n1-c1nc(-n2c3ccc4ccccc4c3c3cc4c5ccccc5n5c6ccccc6c(c32)c45)c2sc3ccccc3c2n1. The maximum absolute atomic E-state index is 5.83. The summed E-state index contributed by atoms with van der Waals surface area (Å²) in [6, 6.07) is 64.2. The molecule has 0 spiro atoms. The third kappa shape index (κ3) is 3.74. The Labute approximate surface area is 344 Å². The van der Waals surface area contributed by atoms with E-state index in [4.69, 9.17) is 9.97 Å². The average Bonchev–Trinajstić information content (AvgIpc) is 4.10. The van der Waals surface area contributed by atoms with Crippen molar-refractivity contribution in [3.05, 3.63) is 176 Å². The Hall–Kier alpha value is -7.80. The average molecular weight is 780 g/mol. The summed E-state index contributed by atoms with van der Waals surface area (Å²) in [5.41, 5.74) is 9.11. The van der Waals surface area contributed by atoms with Crippen LogP contribution in [0, 0.1) is 0 Å². The van der Waals surface area contributed by atoms with Gasteiger partial charge in [0.1, 0.15) is 0 Å². The highest BCUT2D eigenvalue weighted by Gasteiger charge is 2.28. The van der Waals surface area contributed by atoms with Crippen LogP contribution in [0.25, 0.3) is 135 Å². The number of para-hydroxylation sites is 3. The molecule has 6 aromatic heterocycles. The molecule has 0 saturated carbocycles. The van der Waals surface area contributed by atoms with Gasteiger partial charge in [-0.2, -0.15) is 4.98 Å². The van der Waals surface area contributed by atoms with E-state index in [9.17, 15) is 0 Å². The van der Waals surface area contributed by atoms with Gasteiger partial charge in [0.2, 0.25) is 5.95 Å². The molecule has 0 saturated heterocycles. The Bertz CT molecular complexity index is 4370. The Balaban J connectivity index is 1.20. The lowest BCUT2D eigenvalue weighted by Gasteiger charge is -2.13. The van der Waals surface area contributed by atoms with Gasteiger partial charge in [-0.25, -0.2) is 4.98 Å². The smallest absolute Gasteiger partial charge is 0.237 e. The topological polar surface area (TPSA) is 40.0 Å². The second-order valence-electron chi connectivity index (χ2n) is 16.1. The molecule has 0 aliphatic heterocycles. The van der Waals surface area contributed by atoms with Crippen molar-refractivity contribution in [2.75, 3.05) is 0 Å². The van der Waals surface area contributed by atoms with Gasteiger partial charge < -0.3 is 4.40 Å². The number of hydrogen-bond donors (Lipinski definition) is 0. The predicted molar refractivity (Wildman–Crippen MR) is 253 cm³/mol. The van der Waals surface area contributed by atoms with Gasteiger partial charge in [-0.15, -0.1) is 11.3 Å². The van der Waals surface area contributed by atoms with Gasteiger partial charge in [0, 0.05) is 53.2 Å². The third-order valence-corrected chi connectivity index (χ3v) is 14.3. The minimum atomic E-state index is 0.658. The molecule has 0 radical (unpaired) electrons. The Morgan fingerprint density at radius 1 is 0.367 bits per heavy atom. The first-order valence-electron chi connectivity index (χ1n) is 20.4. The minimum Gasteiger partial charge on any atom is -0.308 e. The summed E-state index contributed by atoms with van der Waals surface area (Å²) in [7, 11) is 0. The number of thiophene rings is 1. The van der Waals surface area contributed by atoms with Crippen molar-refractivity contribution in [1.29, 1.82) is 0 Å². The Morgan fingerprint density at radius 3 is 1.65 bits per heavy atom. The van der Waals surface area contributed by atoms with Crippen LogP contribution in [-0.4, -0.2) is 23.5 Å². The second-order valence-corrected chi connectivity index (χ2v) is 17.1. The van der Waals surface area contributed by atoms with Crippen molar-refractivity contribution in [3.63, 3.8) is 0 Å². The van der Waals surface area contributed by atoms with E-state index in [2.05, 4.69) is 189 Å². The summed E-state index contributed by atoms with van der Waals surface area (Å²) >= 11 is 1.78. The van der Waals surface area contributed by atoms with Crippen LogP contribution in [0.4, 0.5) is 0 Å².